The van der Waals surface area contributed by atoms with Crippen LogP contribution in [-0.2, 0) is 23.1 Å². The molecule has 4 rings (SSSR count). The quantitative estimate of drug-likeness (QED) is 0.107. The van der Waals surface area contributed by atoms with Crippen LogP contribution in [0.2, 0.25) is 0 Å². The lowest BCUT2D eigenvalue weighted by atomic mass is 10.1. The van der Waals surface area contributed by atoms with E-state index >= 15 is 0 Å². The number of esters is 1. The van der Waals surface area contributed by atoms with Crippen molar-refractivity contribution in [1.29, 1.82) is 0 Å². The number of benzene rings is 1. The van der Waals surface area contributed by atoms with E-state index in [4.69, 9.17) is 18.3 Å². The number of nitro groups is 1. The Kier molecular flexibility index (Phi) is 10.6. The number of ether oxygens (including phenoxy) is 3. The van der Waals surface area contributed by atoms with Gasteiger partial charge in [-0.1, -0.05) is 13.0 Å². The molecule has 14 nitrogen and oxygen atoms in total. The normalized spacial score (nSPS) is 15.5. The molecule has 260 valence electrons. The first-order chi connectivity index (χ1) is 23.9. The number of anilines is 1. The standard InChI is InChI=1S/C34H47N7O7/c1-23(9-8-16-47-31-27(21-36-38(31)6)28-19-26(32(42)46-7)17-24(2)37-28)20-35-29-18-25(10-11-30(29)41(44)45)22-39-12-14-40(15-13-39)33(43)48-34(3,4)5/h10-11,17-19,21,23,35H,8-9,12-16,20,22H2,1-7H3/i2D3. The summed E-state index contributed by atoms with van der Waals surface area (Å²) in [6.45, 7) is 8.84. The summed E-state index contributed by atoms with van der Waals surface area (Å²) in [6, 6.07) is 7.74. The number of piperazine rings is 1. The first-order valence-corrected chi connectivity index (χ1v) is 15.9. The second-order valence-electron chi connectivity index (χ2n) is 12.9. The first-order valence-electron chi connectivity index (χ1n) is 17.4. The van der Waals surface area contributed by atoms with E-state index in [-0.39, 0.29) is 34.6 Å². The molecule has 1 fully saturated rings. The van der Waals surface area contributed by atoms with E-state index in [2.05, 4.69) is 20.3 Å². The number of aromatic nitrogens is 3. The molecule has 0 bridgehead atoms. The van der Waals surface area contributed by atoms with Gasteiger partial charge in [-0.15, -0.1) is 0 Å². The van der Waals surface area contributed by atoms with Gasteiger partial charge in [-0.3, -0.25) is 20.0 Å². The van der Waals surface area contributed by atoms with Crippen molar-refractivity contribution in [2.24, 2.45) is 13.0 Å². The van der Waals surface area contributed by atoms with Crippen LogP contribution in [0.5, 0.6) is 5.88 Å². The van der Waals surface area contributed by atoms with Gasteiger partial charge in [0.25, 0.3) is 5.69 Å². The SMILES string of the molecule is [2H]C([2H])([2H])c1cc(C(=O)OC)cc(-c2cnn(C)c2OCCCC(C)CNc2cc(CN3CCN(C(=O)OC(C)(C)C)CC3)ccc2[N+](=O)[O-])n1. The van der Waals surface area contributed by atoms with Crippen LogP contribution in [0.4, 0.5) is 16.2 Å². The fourth-order valence-corrected chi connectivity index (χ4v) is 5.32. The van der Waals surface area contributed by atoms with E-state index < -0.39 is 23.3 Å². The summed E-state index contributed by atoms with van der Waals surface area (Å²) >= 11 is 0. The zero-order valence-corrected chi connectivity index (χ0v) is 28.4. The van der Waals surface area contributed by atoms with Crippen LogP contribution in [0, 0.1) is 22.9 Å². The average molecular weight is 669 g/mol. The van der Waals surface area contributed by atoms with Crippen molar-refractivity contribution < 1.29 is 32.8 Å². The number of pyridine rings is 1. The molecule has 1 aliphatic heterocycles. The number of hydrogen-bond acceptors (Lipinski definition) is 11. The van der Waals surface area contributed by atoms with Gasteiger partial charge in [0.2, 0.25) is 5.88 Å². The van der Waals surface area contributed by atoms with Gasteiger partial charge in [-0.2, -0.15) is 5.10 Å². The molecular weight excluding hydrogens is 618 g/mol. The minimum Gasteiger partial charge on any atom is -0.477 e. The van der Waals surface area contributed by atoms with Crippen LogP contribution in [0.3, 0.4) is 0 Å². The Hall–Kier alpha value is -4.72. The molecule has 1 aromatic carbocycles. The van der Waals surface area contributed by atoms with Crippen molar-refractivity contribution in [3.05, 3.63) is 63.5 Å². The van der Waals surface area contributed by atoms with E-state index in [1.807, 2.05) is 33.8 Å². The number of aryl methyl sites for hydroxylation is 2. The Labute approximate surface area is 285 Å². The maximum Gasteiger partial charge on any atom is 0.410 e. The third kappa shape index (κ3) is 9.89. The van der Waals surface area contributed by atoms with Gasteiger partial charge in [0.1, 0.15) is 11.3 Å². The number of nitrogens with zero attached hydrogens (tertiary/aromatic N) is 6. The Morgan fingerprint density at radius 1 is 1.17 bits per heavy atom. The summed E-state index contributed by atoms with van der Waals surface area (Å²) in [4.78, 5) is 44.3. The number of nitrogens with one attached hydrogen (secondary N) is 1. The minimum atomic E-state index is -2.55. The van der Waals surface area contributed by atoms with Crippen LogP contribution in [0.15, 0.2) is 36.5 Å². The fraction of sp³-hybridized carbons (Fsp3) is 0.529. The van der Waals surface area contributed by atoms with Crippen molar-refractivity contribution in [1.82, 2.24) is 24.6 Å². The molecule has 1 amide bonds. The topological polar surface area (TPSA) is 154 Å². The Morgan fingerprint density at radius 3 is 2.58 bits per heavy atom. The van der Waals surface area contributed by atoms with Crippen LogP contribution in [-0.4, -0.2) is 93.6 Å². The summed E-state index contributed by atoms with van der Waals surface area (Å²) < 4.78 is 41.2. The predicted molar refractivity (Wildman–Crippen MR) is 181 cm³/mol. The molecule has 0 radical (unpaired) electrons. The Morgan fingerprint density at radius 2 is 1.92 bits per heavy atom. The van der Waals surface area contributed by atoms with Crippen molar-refractivity contribution in [2.45, 2.75) is 59.5 Å². The molecule has 0 saturated carbocycles. The largest absolute Gasteiger partial charge is 0.477 e. The average Bonchev–Trinajstić information content (AvgIpc) is 3.43. The zero-order valence-electron chi connectivity index (χ0n) is 31.4. The van der Waals surface area contributed by atoms with Crippen molar-refractivity contribution >= 4 is 23.4 Å². The number of nitro benzene ring substituents is 1. The monoisotopic (exact) mass is 668 g/mol. The Balaban J connectivity index is 1.31. The van der Waals surface area contributed by atoms with Gasteiger partial charge in [-0.25, -0.2) is 14.3 Å². The third-order valence-corrected chi connectivity index (χ3v) is 7.82. The fourth-order valence-electron chi connectivity index (χ4n) is 5.32. The number of methoxy groups -OCH3 is 1. The zero-order chi connectivity index (χ0) is 37.5. The van der Waals surface area contributed by atoms with E-state index in [1.54, 1.807) is 18.0 Å². The smallest absolute Gasteiger partial charge is 0.410 e. The van der Waals surface area contributed by atoms with Crippen LogP contribution < -0.4 is 10.1 Å². The molecule has 0 aliphatic carbocycles. The summed E-state index contributed by atoms with van der Waals surface area (Å²) in [7, 11) is 2.90. The van der Waals surface area contributed by atoms with Gasteiger partial charge >= 0.3 is 12.1 Å². The number of amides is 1. The summed E-state index contributed by atoms with van der Waals surface area (Å²) in [5.74, 6) is -0.181. The van der Waals surface area contributed by atoms with Crippen LogP contribution >= 0.6 is 0 Å². The lowest BCUT2D eigenvalue weighted by Crippen LogP contribution is -2.49. The lowest BCUT2D eigenvalue weighted by molar-refractivity contribution is -0.384. The van der Waals surface area contributed by atoms with Crippen molar-refractivity contribution in [2.75, 3.05) is 51.8 Å². The molecule has 0 spiro atoms. The number of hydrogen-bond donors (Lipinski definition) is 1. The molecular formula is C34H47N7O7. The van der Waals surface area contributed by atoms with Crippen molar-refractivity contribution in [3.8, 4) is 17.1 Å². The lowest BCUT2D eigenvalue weighted by Gasteiger charge is -2.35. The number of carbonyl (C=O) groups excluding carboxylic acids is 2. The third-order valence-electron chi connectivity index (χ3n) is 7.82. The molecule has 1 saturated heterocycles. The highest BCUT2D eigenvalue weighted by Gasteiger charge is 2.26. The molecule has 1 N–H and O–H groups in total. The molecule has 3 heterocycles. The summed E-state index contributed by atoms with van der Waals surface area (Å²) in [5.41, 5.74) is 1.28. The number of carbonyl (C=O) groups is 2. The minimum absolute atomic E-state index is 0.000655. The number of rotatable bonds is 13. The van der Waals surface area contributed by atoms with Gasteiger partial charge < -0.3 is 24.4 Å². The maximum absolute atomic E-state index is 12.4. The van der Waals surface area contributed by atoms with Gasteiger partial charge in [-0.05, 0) is 70.1 Å². The van der Waals surface area contributed by atoms with Crippen LogP contribution in [0.25, 0.3) is 11.3 Å². The highest BCUT2D eigenvalue weighted by Crippen LogP contribution is 2.30. The van der Waals surface area contributed by atoms with E-state index in [0.29, 0.717) is 69.4 Å². The molecule has 3 aromatic rings. The highest BCUT2D eigenvalue weighted by molar-refractivity contribution is 5.90. The highest BCUT2D eigenvalue weighted by atomic mass is 16.6. The second kappa shape index (κ2) is 15.9. The molecule has 1 atom stereocenters. The molecule has 14 heteroatoms. The summed E-state index contributed by atoms with van der Waals surface area (Å²) in [5, 5.41) is 19.3. The summed E-state index contributed by atoms with van der Waals surface area (Å²) in [6.07, 6.45) is 2.58. The van der Waals surface area contributed by atoms with E-state index in [1.165, 1.54) is 36.2 Å². The second-order valence-corrected chi connectivity index (χ2v) is 12.9. The predicted octanol–water partition coefficient (Wildman–Crippen LogP) is 5.45. The van der Waals surface area contributed by atoms with Crippen LogP contribution in [0.1, 0.15) is 66.3 Å². The molecule has 2 aromatic heterocycles. The van der Waals surface area contributed by atoms with Gasteiger partial charge in [0.05, 0.1) is 41.7 Å². The Bertz CT molecular complexity index is 1700. The van der Waals surface area contributed by atoms with Gasteiger partial charge in [0.15, 0.2) is 0 Å². The first kappa shape index (κ1) is 31.9. The van der Waals surface area contributed by atoms with Crippen molar-refractivity contribution in [3.63, 3.8) is 0 Å². The molecule has 1 aliphatic rings. The van der Waals surface area contributed by atoms with E-state index in [0.717, 1.165) is 12.0 Å². The molecule has 48 heavy (non-hydrogen) atoms. The molecule has 1 unspecified atom stereocenters. The van der Waals surface area contributed by atoms with E-state index in [9.17, 15) is 19.7 Å². The van der Waals surface area contributed by atoms with Gasteiger partial charge in [0, 0.05) is 62.2 Å². The maximum atomic E-state index is 12.4.